The van der Waals surface area contributed by atoms with E-state index in [1.807, 2.05) is 0 Å². The number of benzene rings is 1. The van der Waals surface area contributed by atoms with Crippen LogP contribution in [0.15, 0.2) is 30.5 Å². The Bertz CT molecular complexity index is 764. The first-order valence-electron chi connectivity index (χ1n) is 7.26. The molecule has 1 heterocycles. The molecule has 1 atom stereocenters. The molecule has 23 heavy (non-hydrogen) atoms. The number of carbonyl (C=O) groups excluding carboxylic acids is 1. The van der Waals surface area contributed by atoms with Gasteiger partial charge in [-0.25, -0.2) is 13.8 Å². The molecule has 0 saturated heterocycles. The van der Waals surface area contributed by atoms with Crippen molar-refractivity contribution in [2.45, 2.75) is 18.9 Å². The average molecular weight is 318 g/mol. The van der Waals surface area contributed by atoms with Gasteiger partial charge >= 0.3 is 0 Å². The van der Waals surface area contributed by atoms with Crippen molar-refractivity contribution < 1.29 is 18.3 Å². The van der Waals surface area contributed by atoms with Gasteiger partial charge in [0.25, 0.3) is 5.91 Å². The lowest BCUT2D eigenvalue weighted by Crippen LogP contribution is -2.30. The molecular formula is C17H16F2N2O2. The molecule has 1 aromatic heterocycles. The number of fused-ring (bicyclic) bond motifs is 1. The van der Waals surface area contributed by atoms with Gasteiger partial charge in [0.1, 0.15) is 17.2 Å². The normalized spacial score (nSPS) is 16.1. The molecule has 2 aromatic rings. The third-order valence-electron chi connectivity index (χ3n) is 4.18. The molecule has 0 N–H and O–H groups in total. The van der Waals surface area contributed by atoms with Crippen molar-refractivity contribution in [3.05, 3.63) is 58.8 Å². The third-order valence-corrected chi connectivity index (χ3v) is 4.18. The fourth-order valence-corrected chi connectivity index (χ4v) is 3.03. The number of halogens is 2. The number of rotatable bonds is 3. The Balaban J connectivity index is 1.93. The van der Waals surface area contributed by atoms with Gasteiger partial charge in [0, 0.05) is 7.05 Å². The van der Waals surface area contributed by atoms with Crippen molar-refractivity contribution in [3.8, 4) is 5.88 Å². The molecule has 3 rings (SSSR count). The van der Waals surface area contributed by atoms with E-state index in [0.717, 1.165) is 29.8 Å². The number of aromatic nitrogens is 1. The molecule has 1 aromatic carbocycles. The SMILES string of the molecule is COc1ncc(F)cc1C(=O)N(C)[C@@H]1CCc2ccc(F)cc21. The fraction of sp³-hybridized carbons (Fsp3) is 0.294. The first-order chi connectivity index (χ1) is 11.0. The molecule has 1 amide bonds. The van der Waals surface area contributed by atoms with Gasteiger partial charge in [-0.1, -0.05) is 6.07 Å². The fourth-order valence-electron chi connectivity index (χ4n) is 3.03. The highest BCUT2D eigenvalue weighted by Crippen LogP contribution is 2.36. The van der Waals surface area contributed by atoms with Crippen LogP contribution in [0.3, 0.4) is 0 Å². The van der Waals surface area contributed by atoms with Crippen LogP contribution in [-0.4, -0.2) is 29.9 Å². The summed E-state index contributed by atoms with van der Waals surface area (Å²) in [7, 11) is 2.99. The van der Waals surface area contributed by atoms with E-state index in [4.69, 9.17) is 4.74 Å². The van der Waals surface area contributed by atoms with Gasteiger partial charge in [-0.15, -0.1) is 0 Å². The number of aryl methyl sites for hydroxylation is 1. The monoisotopic (exact) mass is 318 g/mol. The van der Waals surface area contributed by atoms with Crippen LogP contribution in [0.25, 0.3) is 0 Å². The average Bonchev–Trinajstić information content (AvgIpc) is 2.96. The first kappa shape index (κ1) is 15.4. The third kappa shape index (κ3) is 2.76. The van der Waals surface area contributed by atoms with Gasteiger partial charge in [-0.3, -0.25) is 4.79 Å². The van der Waals surface area contributed by atoms with E-state index in [-0.39, 0.29) is 23.3 Å². The Kier molecular flexibility index (Phi) is 3.98. The van der Waals surface area contributed by atoms with Gasteiger partial charge in [0.05, 0.1) is 19.3 Å². The smallest absolute Gasteiger partial charge is 0.259 e. The van der Waals surface area contributed by atoms with Crippen LogP contribution in [0.1, 0.15) is 33.9 Å². The maximum absolute atomic E-state index is 13.5. The van der Waals surface area contributed by atoms with Gasteiger partial charge < -0.3 is 9.64 Å². The molecule has 120 valence electrons. The topological polar surface area (TPSA) is 42.4 Å². The second kappa shape index (κ2) is 5.95. The largest absolute Gasteiger partial charge is 0.480 e. The Labute approximate surface area is 132 Å². The number of methoxy groups -OCH3 is 1. The number of nitrogens with zero attached hydrogens (tertiary/aromatic N) is 2. The molecule has 0 unspecified atom stereocenters. The van der Waals surface area contributed by atoms with Crippen molar-refractivity contribution in [1.29, 1.82) is 0 Å². The molecule has 0 saturated carbocycles. The van der Waals surface area contributed by atoms with E-state index in [1.54, 1.807) is 13.1 Å². The highest BCUT2D eigenvalue weighted by molar-refractivity contribution is 5.96. The Hall–Kier alpha value is -2.50. The molecule has 0 spiro atoms. The molecule has 0 aliphatic heterocycles. The molecule has 1 aliphatic rings. The number of hydrogen-bond acceptors (Lipinski definition) is 3. The van der Waals surface area contributed by atoms with Gasteiger partial charge in [0.15, 0.2) is 0 Å². The molecule has 0 bridgehead atoms. The van der Waals surface area contributed by atoms with E-state index in [1.165, 1.54) is 24.1 Å². The van der Waals surface area contributed by atoms with Gasteiger partial charge in [-0.05, 0) is 42.2 Å². The minimum Gasteiger partial charge on any atom is -0.480 e. The summed E-state index contributed by atoms with van der Waals surface area (Å²) in [5, 5.41) is 0. The van der Waals surface area contributed by atoms with Crippen LogP contribution in [0.4, 0.5) is 8.78 Å². The quantitative estimate of drug-likeness (QED) is 0.873. The molecule has 0 radical (unpaired) electrons. The summed E-state index contributed by atoms with van der Waals surface area (Å²) in [5.74, 6) is -1.28. The molecule has 1 aliphatic carbocycles. The molecule has 4 nitrogen and oxygen atoms in total. The van der Waals surface area contributed by atoms with Crippen LogP contribution in [0.2, 0.25) is 0 Å². The van der Waals surface area contributed by atoms with Crippen LogP contribution in [-0.2, 0) is 6.42 Å². The van der Waals surface area contributed by atoms with Crippen molar-refractivity contribution in [1.82, 2.24) is 9.88 Å². The van der Waals surface area contributed by atoms with Crippen LogP contribution >= 0.6 is 0 Å². The summed E-state index contributed by atoms with van der Waals surface area (Å²) in [6.45, 7) is 0. The minimum atomic E-state index is -0.611. The zero-order chi connectivity index (χ0) is 16.6. The lowest BCUT2D eigenvalue weighted by Gasteiger charge is -2.26. The van der Waals surface area contributed by atoms with E-state index < -0.39 is 11.7 Å². The van der Waals surface area contributed by atoms with E-state index in [0.29, 0.717) is 6.42 Å². The van der Waals surface area contributed by atoms with E-state index in [9.17, 15) is 13.6 Å². The first-order valence-corrected chi connectivity index (χ1v) is 7.26. The Morgan fingerprint density at radius 2 is 2.09 bits per heavy atom. The zero-order valence-electron chi connectivity index (χ0n) is 12.8. The van der Waals surface area contributed by atoms with Crippen LogP contribution < -0.4 is 4.74 Å². The minimum absolute atomic E-state index is 0.0554. The van der Waals surface area contributed by atoms with Crippen LogP contribution in [0, 0.1) is 11.6 Å². The summed E-state index contributed by atoms with van der Waals surface area (Å²) < 4.78 is 32.0. The molecule has 6 heteroatoms. The maximum Gasteiger partial charge on any atom is 0.259 e. The summed E-state index contributed by atoms with van der Waals surface area (Å²) >= 11 is 0. The van der Waals surface area contributed by atoms with Gasteiger partial charge in [-0.2, -0.15) is 0 Å². The highest BCUT2D eigenvalue weighted by atomic mass is 19.1. The standard InChI is InChI=1S/C17H16F2N2O2/c1-21(15-6-4-10-3-5-11(18)7-13(10)15)17(22)14-8-12(19)9-20-16(14)23-2/h3,5,7-9,15H,4,6H2,1-2H3/t15-/m1/s1. The van der Waals surface area contributed by atoms with Crippen molar-refractivity contribution >= 4 is 5.91 Å². The summed E-state index contributed by atoms with van der Waals surface area (Å²) in [5.41, 5.74) is 1.88. The second-order valence-corrected chi connectivity index (χ2v) is 5.52. The Morgan fingerprint density at radius 3 is 2.83 bits per heavy atom. The number of amides is 1. The molecular weight excluding hydrogens is 302 g/mol. The number of ether oxygens (including phenoxy) is 1. The predicted octanol–water partition coefficient (Wildman–Crippen LogP) is 3.13. The summed E-state index contributed by atoms with van der Waals surface area (Å²) in [6, 6.07) is 5.47. The van der Waals surface area contributed by atoms with Crippen molar-refractivity contribution in [2.24, 2.45) is 0 Å². The highest BCUT2D eigenvalue weighted by Gasteiger charge is 2.31. The number of hydrogen-bond donors (Lipinski definition) is 0. The maximum atomic E-state index is 13.5. The van der Waals surface area contributed by atoms with Crippen molar-refractivity contribution in [2.75, 3.05) is 14.2 Å². The van der Waals surface area contributed by atoms with E-state index >= 15 is 0 Å². The molecule has 0 fully saturated rings. The Morgan fingerprint density at radius 1 is 1.30 bits per heavy atom. The predicted molar refractivity (Wildman–Crippen MR) is 80.3 cm³/mol. The number of pyridine rings is 1. The second-order valence-electron chi connectivity index (χ2n) is 5.52. The zero-order valence-corrected chi connectivity index (χ0v) is 12.8. The van der Waals surface area contributed by atoms with Crippen molar-refractivity contribution in [3.63, 3.8) is 0 Å². The summed E-state index contributed by atoms with van der Waals surface area (Å²) in [6.07, 6.45) is 2.47. The van der Waals surface area contributed by atoms with Crippen LogP contribution in [0.5, 0.6) is 5.88 Å². The van der Waals surface area contributed by atoms with E-state index in [2.05, 4.69) is 4.98 Å². The number of carbonyl (C=O) groups is 1. The summed E-state index contributed by atoms with van der Waals surface area (Å²) in [4.78, 5) is 18.0. The lowest BCUT2D eigenvalue weighted by atomic mass is 10.1. The van der Waals surface area contributed by atoms with Gasteiger partial charge in [0.2, 0.25) is 5.88 Å². The lowest BCUT2D eigenvalue weighted by molar-refractivity contribution is 0.0725.